The van der Waals surface area contributed by atoms with Gasteiger partial charge in [0.05, 0.1) is 0 Å². The van der Waals surface area contributed by atoms with Crippen molar-refractivity contribution in [1.29, 1.82) is 0 Å². The molecule has 196 valence electrons. The van der Waals surface area contributed by atoms with Gasteiger partial charge in [0.2, 0.25) is 0 Å². The van der Waals surface area contributed by atoms with Crippen LogP contribution in [0.25, 0.3) is 10.4 Å². The lowest BCUT2D eigenvalue weighted by Crippen LogP contribution is -2.61. The zero-order chi connectivity index (χ0) is 26.2. The Morgan fingerprint density at radius 2 is 1.38 bits per heavy atom. The van der Waals surface area contributed by atoms with Gasteiger partial charge in [-0.2, -0.15) is 9.06 Å². The first kappa shape index (κ1) is 30.4. The van der Waals surface area contributed by atoms with E-state index in [1.54, 1.807) is 0 Å². The molecule has 1 saturated heterocycles. The Morgan fingerprint density at radius 3 is 1.76 bits per heavy atom. The van der Waals surface area contributed by atoms with Gasteiger partial charge < -0.3 is 18.9 Å². The van der Waals surface area contributed by atoms with Crippen molar-refractivity contribution >= 4 is 37.8 Å². The molecular weight excluding hydrogens is 482 g/mol. The molecule has 5 atom stereocenters. The average Bonchev–Trinajstić information content (AvgIpc) is 2.69. The fraction of sp³-hybridized carbons (Fsp3) is 0.864. The van der Waals surface area contributed by atoms with Crippen molar-refractivity contribution in [3.05, 3.63) is 10.4 Å². The lowest BCUT2D eigenvalue weighted by molar-refractivity contribution is -0.212. The van der Waals surface area contributed by atoms with Gasteiger partial charge in [-0.3, -0.25) is 14.4 Å². The van der Waals surface area contributed by atoms with E-state index in [4.69, 9.17) is 18.9 Å². The van der Waals surface area contributed by atoms with Gasteiger partial charge in [-0.25, -0.2) is 0 Å². The van der Waals surface area contributed by atoms with Gasteiger partial charge in [0.1, 0.15) is 37.1 Å². The highest BCUT2D eigenvalue weighted by Gasteiger charge is 2.50. The van der Waals surface area contributed by atoms with Crippen LogP contribution in [-0.2, 0) is 33.3 Å². The number of rotatable bonds is 11. The predicted molar refractivity (Wildman–Crippen MR) is 135 cm³/mol. The fourth-order valence-corrected chi connectivity index (χ4v) is 12.8. The van der Waals surface area contributed by atoms with Crippen molar-refractivity contribution in [3.63, 3.8) is 0 Å². The third-order valence-electron chi connectivity index (χ3n) is 5.64. The highest BCUT2D eigenvalue weighted by atomic mass is 33.2. The largest absolute Gasteiger partial charge is 0.463 e. The van der Waals surface area contributed by atoms with E-state index in [-0.39, 0.29) is 6.61 Å². The molecule has 1 fully saturated rings. The molecular formula is C22H39N3O7S2. The highest BCUT2D eigenvalue weighted by Crippen LogP contribution is 2.70. The fourth-order valence-electron chi connectivity index (χ4n) is 4.57. The minimum atomic E-state index is -1.18. The summed E-state index contributed by atoms with van der Waals surface area (Å²) in [7, 11) is 0.628. The summed E-state index contributed by atoms with van der Waals surface area (Å²) < 4.78 is 22.4. The molecule has 0 N–H and O–H groups in total. The van der Waals surface area contributed by atoms with Crippen molar-refractivity contribution in [3.8, 4) is 0 Å². The van der Waals surface area contributed by atoms with Crippen LogP contribution in [0.2, 0.25) is 0 Å². The van der Waals surface area contributed by atoms with Gasteiger partial charge in [0, 0.05) is 31.4 Å². The first-order chi connectivity index (χ1) is 15.8. The number of hydrogen-bond acceptors (Lipinski definition) is 9. The monoisotopic (exact) mass is 521 g/mol. The van der Waals surface area contributed by atoms with E-state index in [0.717, 1.165) is 0 Å². The Hall–Kier alpha value is -1.62. The number of carbonyl (C=O) groups is 3. The van der Waals surface area contributed by atoms with Crippen LogP contribution in [-0.4, -0.2) is 76.5 Å². The van der Waals surface area contributed by atoms with E-state index in [1.165, 1.54) is 20.8 Å². The van der Waals surface area contributed by atoms with Crippen molar-refractivity contribution in [2.75, 3.05) is 12.4 Å². The Balaban J connectivity index is 3.43. The summed E-state index contributed by atoms with van der Waals surface area (Å²) in [6, 6.07) is -1.04. The minimum Gasteiger partial charge on any atom is -0.463 e. The molecule has 10 nitrogen and oxygen atoms in total. The molecule has 0 saturated carbocycles. The third-order valence-corrected chi connectivity index (χ3v) is 16.0. The van der Waals surface area contributed by atoms with Crippen molar-refractivity contribution in [2.24, 2.45) is 5.11 Å². The Bertz CT molecular complexity index is 750. The molecule has 0 aliphatic carbocycles. The van der Waals surface area contributed by atoms with E-state index < -0.39 is 57.4 Å². The number of hydrogen-bond donors (Lipinski definition) is 0. The number of azide groups is 1. The Kier molecular flexibility index (Phi) is 12.0. The summed E-state index contributed by atoms with van der Waals surface area (Å²) in [5.74, 6) is -1.27. The predicted octanol–water partition coefficient (Wildman–Crippen LogP) is 4.54. The molecule has 0 bridgehead atoms. The van der Waals surface area contributed by atoms with Crippen LogP contribution >= 0.6 is 19.9 Å². The van der Waals surface area contributed by atoms with Gasteiger partial charge in [0.15, 0.2) is 0 Å². The van der Waals surface area contributed by atoms with Crippen molar-refractivity contribution in [1.82, 2.24) is 0 Å². The number of esters is 3. The van der Waals surface area contributed by atoms with Crippen LogP contribution in [0.5, 0.6) is 0 Å². The third kappa shape index (κ3) is 7.69. The number of carbonyl (C=O) groups excluding carboxylic acids is 3. The second-order valence-electron chi connectivity index (χ2n) is 8.99. The van der Waals surface area contributed by atoms with E-state index >= 15 is 0 Å². The van der Waals surface area contributed by atoms with Gasteiger partial charge in [0.25, 0.3) is 0 Å². The molecule has 0 amide bonds. The maximum absolute atomic E-state index is 12.0. The normalized spacial score (nSPS) is 25.6. The zero-order valence-electron chi connectivity index (χ0n) is 21.5. The van der Waals surface area contributed by atoms with Crippen LogP contribution in [0.15, 0.2) is 5.11 Å². The molecule has 0 aromatic carbocycles. The van der Waals surface area contributed by atoms with Crippen molar-refractivity contribution < 1.29 is 33.3 Å². The first-order valence-electron chi connectivity index (χ1n) is 11.4. The summed E-state index contributed by atoms with van der Waals surface area (Å²) in [4.78, 5) is 38.1. The average molecular weight is 522 g/mol. The smallest absolute Gasteiger partial charge is 0.303 e. The zero-order valence-corrected chi connectivity index (χ0v) is 23.2. The molecule has 0 aromatic heterocycles. The summed E-state index contributed by atoms with van der Waals surface area (Å²) in [6.45, 7) is 16.8. The van der Waals surface area contributed by atoms with E-state index in [1.807, 2.05) is 10.8 Å². The van der Waals surface area contributed by atoms with E-state index in [9.17, 15) is 19.9 Å². The quantitative estimate of drug-likeness (QED) is 0.0965. The molecule has 1 heterocycles. The summed E-state index contributed by atoms with van der Waals surface area (Å²) in [5, 5.41) is 5.10. The Morgan fingerprint density at radius 1 is 0.912 bits per heavy atom. The number of nitrogens with zero attached hydrogens (tertiary/aromatic N) is 3. The lowest BCUT2D eigenvalue weighted by atomic mass is 9.93. The van der Waals surface area contributed by atoms with Crippen LogP contribution < -0.4 is 0 Å². The van der Waals surface area contributed by atoms with Crippen molar-refractivity contribution in [2.45, 2.75) is 109 Å². The molecule has 0 spiro atoms. The maximum atomic E-state index is 12.0. The van der Waals surface area contributed by atoms with Gasteiger partial charge in [-0.1, -0.05) is 46.7 Å². The van der Waals surface area contributed by atoms with Gasteiger partial charge in [-0.05, 0) is 21.3 Å². The topological polar surface area (TPSA) is 137 Å². The second kappa shape index (κ2) is 13.5. The van der Waals surface area contributed by atoms with Crippen LogP contribution in [0.1, 0.15) is 62.3 Å². The summed E-state index contributed by atoms with van der Waals surface area (Å²) in [5.41, 5.74) is 9.24. The second-order valence-corrected chi connectivity index (χ2v) is 16.2. The van der Waals surface area contributed by atoms with Crippen LogP contribution in [0.3, 0.4) is 0 Å². The standard InChI is InChI=1S/C22H39N3O7S2/c1-12(2)34(13(3)4,14(5)6)33-11-19-22(31-17(9)28)20(24-25-23)21(30-16(8)27)18(32-19)10-29-15(7)26/h12-14,18-22H,10-11H2,1-9H3/t18-,19+,20?,21?,22+/m1/s1. The van der Waals surface area contributed by atoms with Gasteiger partial charge >= 0.3 is 17.9 Å². The molecule has 1 rings (SSSR count). The molecule has 34 heavy (non-hydrogen) atoms. The summed E-state index contributed by atoms with van der Waals surface area (Å²) >= 11 is 0. The van der Waals surface area contributed by atoms with Crippen LogP contribution in [0.4, 0.5) is 0 Å². The minimum absolute atomic E-state index is 0.199. The number of ether oxygens (including phenoxy) is 4. The highest BCUT2D eigenvalue weighted by molar-refractivity contribution is 8.94. The molecule has 0 aromatic rings. The van der Waals surface area contributed by atoms with E-state index in [0.29, 0.717) is 21.5 Å². The Labute approximate surface area is 207 Å². The maximum Gasteiger partial charge on any atom is 0.303 e. The molecule has 2 unspecified atom stereocenters. The van der Waals surface area contributed by atoms with Gasteiger partial charge in [-0.15, -0.1) is 10.8 Å². The molecule has 0 radical (unpaired) electrons. The SMILES string of the molecule is CC(=O)OC[C@H]1O[C@@H](CSS(C(C)C)(C(C)C)C(C)C)[C@H](OC(C)=O)C(N=[N+]=[N-])C1OC(C)=O. The molecule has 1 aliphatic heterocycles. The molecule has 12 heteroatoms. The van der Waals surface area contributed by atoms with E-state index in [2.05, 4.69) is 51.6 Å². The summed E-state index contributed by atoms with van der Waals surface area (Å²) in [6.07, 6.45) is -3.61. The van der Waals surface area contributed by atoms with Crippen LogP contribution in [0, 0.1) is 0 Å². The first-order valence-corrected chi connectivity index (χ1v) is 14.7. The molecule has 1 aliphatic rings. The lowest BCUT2D eigenvalue weighted by Gasteiger charge is -2.52.